The third-order valence-corrected chi connectivity index (χ3v) is 6.68. The minimum atomic E-state index is -0.816. The van der Waals surface area contributed by atoms with Crippen molar-refractivity contribution in [1.82, 2.24) is 4.57 Å². The Hall–Kier alpha value is -3.62. The summed E-state index contributed by atoms with van der Waals surface area (Å²) in [5, 5.41) is 0.445. The van der Waals surface area contributed by atoms with Crippen LogP contribution in [0.2, 0.25) is 5.02 Å². The number of halogens is 1. The standard InChI is InChI=1S/C26H23ClN2O5S/c1-5-12-34-18-9-6-16(7-10-18)13-21-24(30)29-23(19-14-17(27)8-11-20(19)32-3)22(25(31)33-4)15(2)28-26(29)35-21/h5-11,13-14,23H,1,12H2,2-4H3/b21-13-/t23-/m1/s1. The van der Waals surface area contributed by atoms with Gasteiger partial charge in [0.25, 0.3) is 5.56 Å². The minimum Gasteiger partial charge on any atom is -0.496 e. The van der Waals surface area contributed by atoms with Crippen LogP contribution in [0.4, 0.5) is 0 Å². The summed E-state index contributed by atoms with van der Waals surface area (Å²) in [5.74, 6) is 0.609. The molecule has 1 aliphatic heterocycles. The lowest BCUT2D eigenvalue weighted by atomic mass is 9.95. The van der Waals surface area contributed by atoms with Gasteiger partial charge >= 0.3 is 5.97 Å². The van der Waals surface area contributed by atoms with Crippen LogP contribution in [0.1, 0.15) is 24.1 Å². The maximum atomic E-state index is 13.7. The summed E-state index contributed by atoms with van der Waals surface area (Å²) < 4.78 is 18.1. The molecule has 35 heavy (non-hydrogen) atoms. The van der Waals surface area contributed by atoms with Crippen LogP contribution in [0.15, 0.2) is 76.2 Å². The maximum absolute atomic E-state index is 13.7. The normalized spacial score (nSPS) is 15.3. The third-order valence-electron chi connectivity index (χ3n) is 5.46. The average molecular weight is 511 g/mol. The van der Waals surface area contributed by atoms with E-state index >= 15 is 0 Å². The Kier molecular flexibility index (Phi) is 7.23. The van der Waals surface area contributed by atoms with Crippen molar-refractivity contribution in [2.75, 3.05) is 20.8 Å². The van der Waals surface area contributed by atoms with Crippen molar-refractivity contribution in [2.45, 2.75) is 13.0 Å². The van der Waals surface area contributed by atoms with Crippen LogP contribution in [0, 0.1) is 0 Å². The largest absolute Gasteiger partial charge is 0.496 e. The summed E-state index contributed by atoms with van der Waals surface area (Å²) in [6.07, 6.45) is 3.45. The number of benzene rings is 2. The molecule has 180 valence electrons. The van der Waals surface area contributed by atoms with Crippen LogP contribution < -0.4 is 24.4 Å². The SMILES string of the molecule is C=CCOc1ccc(/C=c2\sc3n(c2=O)[C@H](c2cc(Cl)ccc2OC)C(C(=O)OC)=C(C)N=3)cc1. The lowest BCUT2D eigenvalue weighted by Gasteiger charge is -2.25. The molecule has 0 aliphatic carbocycles. The number of esters is 1. The molecular formula is C26H23ClN2O5S. The zero-order chi connectivity index (χ0) is 25.1. The highest BCUT2D eigenvalue weighted by Crippen LogP contribution is 2.37. The number of aromatic nitrogens is 1. The number of thiazole rings is 1. The lowest BCUT2D eigenvalue weighted by molar-refractivity contribution is -0.136. The predicted molar refractivity (Wildman–Crippen MR) is 136 cm³/mol. The molecule has 4 rings (SSSR count). The van der Waals surface area contributed by atoms with Crippen molar-refractivity contribution in [3.05, 3.63) is 102 Å². The summed E-state index contributed by atoms with van der Waals surface area (Å²) in [6.45, 7) is 5.76. The number of allylic oxidation sites excluding steroid dienone is 1. The Morgan fingerprint density at radius 2 is 1.97 bits per heavy atom. The highest BCUT2D eigenvalue weighted by molar-refractivity contribution is 7.07. The van der Waals surface area contributed by atoms with Crippen LogP contribution in [0.5, 0.6) is 11.5 Å². The van der Waals surface area contributed by atoms with Gasteiger partial charge in [-0.25, -0.2) is 9.79 Å². The Morgan fingerprint density at radius 3 is 2.63 bits per heavy atom. The molecule has 0 bridgehead atoms. The second kappa shape index (κ2) is 10.3. The first-order valence-corrected chi connectivity index (χ1v) is 11.9. The van der Waals surface area contributed by atoms with Gasteiger partial charge in [-0.2, -0.15) is 0 Å². The van der Waals surface area contributed by atoms with E-state index in [2.05, 4.69) is 11.6 Å². The highest BCUT2D eigenvalue weighted by Gasteiger charge is 2.35. The van der Waals surface area contributed by atoms with Gasteiger partial charge in [0.05, 0.1) is 30.0 Å². The van der Waals surface area contributed by atoms with Crippen molar-refractivity contribution in [1.29, 1.82) is 0 Å². The molecule has 0 saturated heterocycles. The van der Waals surface area contributed by atoms with Crippen molar-refractivity contribution < 1.29 is 19.0 Å². The number of methoxy groups -OCH3 is 2. The van der Waals surface area contributed by atoms with E-state index in [4.69, 9.17) is 25.8 Å². The van der Waals surface area contributed by atoms with E-state index in [0.29, 0.717) is 43.7 Å². The van der Waals surface area contributed by atoms with Gasteiger partial charge in [0.15, 0.2) is 4.80 Å². The molecular weight excluding hydrogens is 488 g/mol. The fourth-order valence-electron chi connectivity index (χ4n) is 3.87. The van der Waals surface area contributed by atoms with Crippen molar-refractivity contribution in [3.63, 3.8) is 0 Å². The zero-order valence-electron chi connectivity index (χ0n) is 19.4. The molecule has 0 amide bonds. The molecule has 0 radical (unpaired) electrons. The average Bonchev–Trinajstić information content (AvgIpc) is 3.16. The van der Waals surface area contributed by atoms with E-state index in [1.54, 1.807) is 37.3 Å². The molecule has 0 N–H and O–H groups in total. The number of ether oxygens (including phenoxy) is 3. The van der Waals surface area contributed by atoms with Crippen LogP contribution in [0.3, 0.4) is 0 Å². The lowest BCUT2D eigenvalue weighted by Crippen LogP contribution is -2.40. The molecule has 3 aromatic rings. The second-order valence-electron chi connectivity index (χ2n) is 7.63. The molecule has 1 aromatic heterocycles. The minimum absolute atomic E-state index is 0.246. The summed E-state index contributed by atoms with van der Waals surface area (Å²) in [4.78, 5) is 31.5. The Bertz CT molecular complexity index is 1500. The molecule has 1 aliphatic rings. The van der Waals surface area contributed by atoms with Crippen LogP contribution in [0.25, 0.3) is 6.08 Å². The Morgan fingerprint density at radius 1 is 1.23 bits per heavy atom. The molecule has 0 spiro atoms. The van der Waals surface area contributed by atoms with Crippen LogP contribution >= 0.6 is 22.9 Å². The molecule has 2 aromatic carbocycles. The molecule has 0 fully saturated rings. The van der Waals surface area contributed by atoms with Gasteiger partial charge in [-0.1, -0.05) is 47.7 Å². The first kappa shape index (κ1) is 24.5. The van der Waals surface area contributed by atoms with E-state index in [1.165, 1.54) is 30.1 Å². The fourth-order valence-corrected chi connectivity index (χ4v) is 5.10. The van der Waals surface area contributed by atoms with E-state index in [9.17, 15) is 9.59 Å². The number of hydrogen-bond donors (Lipinski definition) is 0. The topological polar surface area (TPSA) is 79.1 Å². The summed E-state index contributed by atoms with van der Waals surface area (Å²) >= 11 is 7.54. The molecule has 1 atom stereocenters. The monoisotopic (exact) mass is 510 g/mol. The molecule has 7 nitrogen and oxygen atoms in total. The second-order valence-corrected chi connectivity index (χ2v) is 9.07. The maximum Gasteiger partial charge on any atom is 0.338 e. The first-order chi connectivity index (χ1) is 16.9. The Labute approximate surface area is 210 Å². The fraction of sp³-hybridized carbons (Fsp3) is 0.192. The van der Waals surface area contributed by atoms with Gasteiger partial charge < -0.3 is 14.2 Å². The molecule has 2 heterocycles. The summed E-state index contributed by atoms with van der Waals surface area (Å²) in [7, 11) is 2.82. The van der Waals surface area contributed by atoms with Gasteiger partial charge in [0, 0.05) is 10.6 Å². The van der Waals surface area contributed by atoms with Gasteiger partial charge in [0.1, 0.15) is 24.1 Å². The van der Waals surface area contributed by atoms with Gasteiger partial charge in [0.2, 0.25) is 0 Å². The van der Waals surface area contributed by atoms with Crippen molar-refractivity contribution in [3.8, 4) is 11.5 Å². The summed E-state index contributed by atoms with van der Waals surface area (Å²) in [6, 6.07) is 11.6. The van der Waals surface area contributed by atoms with E-state index < -0.39 is 12.0 Å². The highest BCUT2D eigenvalue weighted by atomic mass is 35.5. The van der Waals surface area contributed by atoms with Crippen molar-refractivity contribution in [2.24, 2.45) is 4.99 Å². The molecule has 0 saturated carbocycles. The number of nitrogens with zero attached hydrogens (tertiary/aromatic N) is 2. The third kappa shape index (κ3) is 4.80. The van der Waals surface area contributed by atoms with Gasteiger partial charge in [-0.3, -0.25) is 9.36 Å². The van der Waals surface area contributed by atoms with E-state index in [-0.39, 0.29) is 11.1 Å². The zero-order valence-corrected chi connectivity index (χ0v) is 21.0. The number of fused-ring (bicyclic) bond motifs is 1. The molecule has 9 heteroatoms. The van der Waals surface area contributed by atoms with E-state index in [1.807, 2.05) is 24.3 Å². The number of hydrogen-bond acceptors (Lipinski definition) is 7. The van der Waals surface area contributed by atoms with E-state index in [0.717, 1.165) is 5.56 Å². The predicted octanol–water partition coefficient (Wildman–Crippen LogP) is 3.64. The molecule has 0 unspecified atom stereocenters. The Balaban J connectivity index is 1.91. The van der Waals surface area contributed by atoms with Gasteiger partial charge in [-0.05, 0) is 48.9 Å². The smallest absolute Gasteiger partial charge is 0.338 e. The summed E-state index contributed by atoms with van der Waals surface area (Å²) in [5.41, 5.74) is 1.80. The van der Waals surface area contributed by atoms with Crippen LogP contribution in [-0.4, -0.2) is 31.4 Å². The number of rotatable bonds is 7. The van der Waals surface area contributed by atoms with Gasteiger partial charge in [-0.15, -0.1) is 0 Å². The first-order valence-electron chi connectivity index (χ1n) is 10.7. The number of carbonyl (C=O) groups is 1. The van der Waals surface area contributed by atoms with Crippen LogP contribution in [-0.2, 0) is 9.53 Å². The van der Waals surface area contributed by atoms with Crippen molar-refractivity contribution >= 4 is 35.0 Å². The quantitative estimate of drug-likeness (QED) is 0.358. The number of carbonyl (C=O) groups excluding carboxylic acids is 1.